The Labute approximate surface area is 191 Å². The first-order chi connectivity index (χ1) is 15.0. The first-order valence-electron chi connectivity index (χ1n) is 9.33. The Balaban J connectivity index is 0.000000913. The van der Waals surface area contributed by atoms with E-state index in [1.807, 2.05) is 4.91 Å². The lowest BCUT2D eigenvalue weighted by atomic mass is 9.95. The highest BCUT2D eigenvalue weighted by Gasteiger charge is 2.64. The second kappa shape index (κ2) is 8.73. The van der Waals surface area contributed by atoms with Crippen molar-refractivity contribution in [3.63, 3.8) is 0 Å². The maximum Gasteiger partial charge on any atom is 0.327 e. The monoisotopic (exact) mass is 479 g/mol. The molecule has 0 saturated carbocycles. The van der Waals surface area contributed by atoms with Gasteiger partial charge in [0.2, 0.25) is 10.8 Å². The van der Waals surface area contributed by atoms with Crippen LogP contribution in [0.1, 0.15) is 30.0 Å². The van der Waals surface area contributed by atoms with Crippen molar-refractivity contribution in [1.29, 1.82) is 11.1 Å². The van der Waals surface area contributed by atoms with Crippen molar-refractivity contribution in [1.82, 2.24) is 20.3 Å². The Kier molecular flexibility index (Phi) is 6.40. The molecule has 2 saturated heterocycles. The summed E-state index contributed by atoms with van der Waals surface area (Å²) in [5, 5.41) is 16.2. The third kappa shape index (κ3) is 3.88. The van der Waals surface area contributed by atoms with Gasteiger partial charge in [0, 0.05) is 10.3 Å². The van der Waals surface area contributed by atoms with Crippen LogP contribution in [0.25, 0.3) is 11.3 Å². The van der Waals surface area contributed by atoms with Crippen LogP contribution in [0.4, 0.5) is 0 Å². The van der Waals surface area contributed by atoms with Crippen molar-refractivity contribution in [2.45, 2.75) is 43.0 Å². The number of carbonyl (C=O) groups is 3. The summed E-state index contributed by atoms with van der Waals surface area (Å²) in [5.74, 6) is -1.70. The van der Waals surface area contributed by atoms with Gasteiger partial charge in [0.1, 0.15) is 45.5 Å². The summed E-state index contributed by atoms with van der Waals surface area (Å²) in [6, 6.07) is 5.18. The molecule has 2 fully saturated rings. The first kappa shape index (κ1) is 23.5. The number of aromatic nitrogens is 1. The predicted octanol–water partition coefficient (Wildman–Crippen LogP) is 2.66. The fourth-order valence-corrected chi connectivity index (χ4v) is 5.69. The van der Waals surface area contributed by atoms with E-state index >= 15 is 0 Å². The van der Waals surface area contributed by atoms with E-state index in [9.17, 15) is 19.5 Å². The van der Waals surface area contributed by atoms with Gasteiger partial charge in [-0.1, -0.05) is 35.0 Å². The molecule has 0 bridgehead atoms. The van der Waals surface area contributed by atoms with E-state index in [4.69, 9.17) is 27.2 Å². The van der Waals surface area contributed by atoms with Crippen LogP contribution in [0.15, 0.2) is 28.8 Å². The molecule has 3 atom stereocenters. The molecule has 0 spiro atoms. The SMILES string of the molecule is Cc1onc(-c2ccccc2Cl)c1C(=O)N[C@@H]1C(=O)N2[C@@H]1SC(C)(C)[C@@H]2C(=O)O.N=[N+]=N. The molecule has 4 N–H and O–H groups in total. The number of nitrogens with zero attached hydrogens (tertiary/aromatic N) is 3. The zero-order valence-corrected chi connectivity index (χ0v) is 18.8. The highest BCUT2D eigenvalue weighted by Crippen LogP contribution is 2.50. The van der Waals surface area contributed by atoms with E-state index in [1.165, 1.54) is 16.7 Å². The summed E-state index contributed by atoms with van der Waals surface area (Å²) in [4.78, 5) is 40.6. The molecule has 2 amide bonds. The number of fused-ring (bicyclic) bond motifs is 1. The summed E-state index contributed by atoms with van der Waals surface area (Å²) in [6.07, 6.45) is 0. The molecule has 1 aromatic carbocycles. The van der Waals surface area contributed by atoms with Gasteiger partial charge in [-0.25, -0.2) is 4.79 Å². The molecular formula is C19H20ClN6O5S+. The number of β-lactam (4-membered cyclic amide) rings is 1. The molecule has 13 heteroatoms. The minimum atomic E-state index is -1.06. The number of amides is 2. The number of hydrogen-bond acceptors (Lipinski definition) is 8. The molecule has 0 radical (unpaired) electrons. The topological polar surface area (TPSA) is 175 Å². The number of carbonyl (C=O) groups excluding carboxylic acids is 2. The van der Waals surface area contributed by atoms with Gasteiger partial charge in [0.15, 0.2) is 0 Å². The Morgan fingerprint density at radius 3 is 2.56 bits per heavy atom. The van der Waals surface area contributed by atoms with Crippen molar-refractivity contribution in [2.75, 3.05) is 0 Å². The third-order valence-corrected chi connectivity index (χ3v) is 7.08. The number of aliphatic carboxylic acids is 1. The lowest BCUT2D eigenvalue weighted by molar-refractivity contribution is -0.159. The van der Waals surface area contributed by atoms with Crippen molar-refractivity contribution in [3.05, 3.63) is 40.6 Å². The maximum absolute atomic E-state index is 13.0. The lowest BCUT2D eigenvalue weighted by Gasteiger charge is -2.43. The smallest absolute Gasteiger partial charge is 0.327 e. The number of carboxylic acids is 1. The molecule has 2 aliphatic rings. The highest BCUT2D eigenvalue weighted by atomic mass is 35.5. The number of benzene rings is 1. The molecule has 2 aliphatic heterocycles. The van der Waals surface area contributed by atoms with Gasteiger partial charge in [-0.05, 0) is 26.8 Å². The Bertz CT molecular complexity index is 1130. The lowest BCUT2D eigenvalue weighted by Crippen LogP contribution is -2.70. The first-order valence-corrected chi connectivity index (χ1v) is 10.6. The van der Waals surface area contributed by atoms with Gasteiger partial charge in [0.05, 0.1) is 5.02 Å². The molecule has 0 aliphatic carbocycles. The van der Waals surface area contributed by atoms with Crippen LogP contribution < -0.4 is 10.2 Å². The summed E-state index contributed by atoms with van der Waals surface area (Å²) < 4.78 is 4.54. The summed E-state index contributed by atoms with van der Waals surface area (Å²) in [6.45, 7) is 5.16. The number of thioether (sulfide) groups is 1. The highest BCUT2D eigenvalue weighted by molar-refractivity contribution is 8.01. The summed E-state index contributed by atoms with van der Waals surface area (Å²) in [5.41, 5.74) is 12.0. The number of halogens is 1. The van der Waals surface area contributed by atoms with E-state index in [-0.39, 0.29) is 11.3 Å². The summed E-state index contributed by atoms with van der Waals surface area (Å²) >= 11 is 7.59. The quantitative estimate of drug-likeness (QED) is 0.296. The molecule has 11 nitrogen and oxygen atoms in total. The molecule has 168 valence electrons. The zero-order chi connectivity index (χ0) is 23.8. The minimum absolute atomic E-state index is 0.196. The minimum Gasteiger partial charge on any atom is -0.480 e. The number of nitrogens with one attached hydrogen (secondary N) is 3. The van der Waals surface area contributed by atoms with E-state index in [2.05, 4.69) is 10.5 Å². The van der Waals surface area contributed by atoms with Crippen LogP contribution in [0.5, 0.6) is 0 Å². The average Bonchev–Trinajstić information content (AvgIpc) is 3.22. The van der Waals surface area contributed by atoms with E-state index in [0.717, 1.165) is 0 Å². The van der Waals surface area contributed by atoms with E-state index in [0.29, 0.717) is 16.3 Å². The van der Waals surface area contributed by atoms with Crippen molar-refractivity contribution in [3.8, 4) is 11.3 Å². The van der Waals surface area contributed by atoms with Gasteiger partial charge in [-0.15, -0.1) is 11.8 Å². The molecule has 4 rings (SSSR count). The normalized spacial score (nSPS) is 22.7. The standard InChI is InChI=1S/C19H18ClN3O5S.H2N3/c1-8-11(12(22-28-8)9-6-4-5-7-10(9)20)15(24)21-13-16(25)23-14(18(26)27)19(2,3)29-17(13)23;1-3-2/h4-7,13-14,17H,1-3H3,(H,21,24)(H,26,27);1-2H/q;+1/t13-,14+,17-;/m1./s1. The fraction of sp³-hybridized carbons (Fsp3) is 0.368. The summed E-state index contributed by atoms with van der Waals surface area (Å²) in [7, 11) is 0. The van der Waals surface area contributed by atoms with Crippen LogP contribution in [0.2, 0.25) is 5.02 Å². The van der Waals surface area contributed by atoms with E-state index in [1.54, 1.807) is 45.0 Å². The maximum atomic E-state index is 13.0. The van der Waals surface area contributed by atoms with Gasteiger partial charge in [0.25, 0.3) is 5.91 Å². The van der Waals surface area contributed by atoms with Crippen molar-refractivity contribution < 1.29 is 24.0 Å². The zero-order valence-electron chi connectivity index (χ0n) is 17.2. The molecule has 32 heavy (non-hydrogen) atoms. The number of carboxylic acid groups (broad SMARTS) is 1. The molecular weight excluding hydrogens is 460 g/mol. The molecule has 1 aromatic heterocycles. The van der Waals surface area contributed by atoms with Crippen LogP contribution in [-0.4, -0.2) is 55.2 Å². The Morgan fingerprint density at radius 2 is 1.97 bits per heavy atom. The van der Waals surface area contributed by atoms with Gasteiger partial charge >= 0.3 is 5.97 Å². The largest absolute Gasteiger partial charge is 0.480 e. The second-order valence-electron chi connectivity index (χ2n) is 7.60. The van der Waals surface area contributed by atoms with Crippen molar-refractivity contribution in [2.24, 2.45) is 0 Å². The third-order valence-electron chi connectivity index (χ3n) is 5.18. The fourth-order valence-electron chi connectivity index (χ4n) is 3.84. The molecule has 3 heterocycles. The van der Waals surface area contributed by atoms with Gasteiger partial charge in [-0.3, -0.25) is 9.59 Å². The van der Waals surface area contributed by atoms with Crippen LogP contribution in [0.3, 0.4) is 0 Å². The van der Waals surface area contributed by atoms with Gasteiger partial charge in [-0.2, -0.15) is 0 Å². The van der Waals surface area contributed by atoms with Crippen LogP contribution >= 0.6 is 23.4 Å². The molecule has 0 unspecified atom stereocenters. The van der Waals surface area contributed by atoms with Crippen LogP contribution in [-0.2, 0) is 9.59 Å². The van der Waals surface area contributed by atoms with E-state index < -0.39 is 40.0 Å². The average molecular weight is 480 g/mol. The van der Waals surface area contributed by atoms with Crippen molar-refractivity contribution >= 4 is 41.1 Å². The number of hydrogen-bond donors (Lipinski definition) is 4. The molecule has 2 aromatic rings. The van der Waals surface area contributed by atoms with Crippen LogP contribution in [0, 0.1) is 18.0 Å². The predicted molar refractivity (Wildman–Crippen MR) is 114 cm³/mol. The number of rotatable bonds is 4. The number of aryl methyl sites for hydroxylation is 1. The Hall–Kier alpha value is -3.21. The van der Waals surface area contributed by atoms with Gasteiger partial charge < -0.3 is 19.8 Å². The Morgan fingerprint density at radius 1 is 1.34 bits per heavy atom. The second-order valence-corrected chi connectivity index (χ2v) is 9.78.